The molecular formula is C29H27F2N7O5S. The lowest BCUT2D eigenvalue weighted by Gasteiger charge is -2.14. The number of amides is 2. The SMILES string of the molecule is CONC(=O)Nc1cccc(-c2sc3c(c2CN(C)C)c(=O)n(-c2ccc(OC)nn2)c(=O)n3Cc2c(F)cccc2F)c1. The van der Waals surface area contributed by atoms with E-state index in [1.165, 1.54) is 32.4 Å². The first-order valence-corrected chi connectivity index (χ1v) is 13.9. The minimum atomic E-state index is -0.861. The maximum atomic E-state index is 14.9. The van der Waals surface area contributed by atoms with Crippen molar-refractivity contribution in [2.45, 2.75) is 13.1 Å². The molecule has 0 atom stereocenters. The number of ether oxygens (including phenoxy) is 1. The monoisotopic (exact) mass is 623 g/mol. The number of thiophene rings is 1. The van der Waals surface area contributed by atoms with Crippen molar-refractivity contribution in [2.75, 3.05) is 33.6 Å². The second kappa shape index (κ2) is 12.7. The summed E-state index contributed by atoms with van der Waals surface area (Å²) in [6, 6.07) is 12.5. The van der Waals surface area contributed by atoms with Crippen LogP contribution in [0.25, 0.3) is 26.5 Å². The molecule has 44 heavy (non-hydrogen) atoms. The Balaban J connectivity index is 1.83. The summed E-state index contributed by atoms with van der Waals surface area (Å²) in [5.74, 6) is -1.62. The number of nitrogens with zero attached hydrogens (tertiary/aromatic N) is 5. The normalized spacial score (nSPS) is 11.2. The van der Waals surface area contributed by atoms with Crippen LogP contribution in [0.5, 0.6) is 5.88 Å². The van der Waals surface area contributed by atoms with Gasteiger partial charge in [-0.3, -0.25) is 14.2 Å². The van der Waals surface area contributed by atoms with E-state index in [9.17, 15) is 23.2 Å². The van der Waals surface area contributed by atoms with Gasteiger partial charge >= 0.3 is 11.7 Å². The van der Waals surface area contributed by atoms with Crippen LogP contribution in [0.15, 0.2) is 64.2 Å². The summed E-state index contributed by atoms with van der Waals surface area (Å²) in [5.41, 5.74) is 1.92. The van der Waals surface area contributed by atoms with Crippen LogP contribution in [0.2, 0.25) is 0 Å². The minimum absolute atomic E-state index is 0.0932. The molecule has 0 saturated heterocycles. The minimum Gasteiger partial charge on any atom is -0.480 e. The average Bonchev–Trinajstić information content (AvgIpc) is 3.36. The van der Waals surface area contributed by atoms with Crippen LogP contribution in [0.3, 0.4) is 0 Å². The fourth-order valence-electron chi connectivity index (χ4n) is 4.68. The molecule has 0 fully saturated rings. The number of anilines is 1. The molecule has 0 radical (unpaired) electrons. The number of rotatable bonds is 9. The molecule has 0 unspecified atom stereocenters. The third kappa shape index (κ3) is 5.92. The van der Waals surface area contributed by atoms with Gasteiger partial charge in [0, 0.05) is 28.7 Å². The van der Waals surface area contributed by atoms with Crippen molar-refractivity contribution in [1.29, 1.82) is 0 Å². The molecule has 15 heteroatoms. The van der Waals surface area contributed by atoms with Gasteiger partial charge in [0.25, 0.3) is 5.56 Å². The van der Waals surface area contributed by atoms with Crippen molar-refractivity contribution in [3.05, 3.63) is 98.2 Å². The van der Waals surface area contributed by atoms with Gasteiger partial charge in [-0.25, -0.2) is 28.4 Å². The lowest BCUT2D eigenvalue weighted by atomic mass is 10.1. The highest BCUT2D eigenvalue weighted by Gasteiger charge is 2.26. The van der Waals surface area contributed by atoms with Crippen molar-refractivity contribution in [2.24, 2.45) is 0 Å². The van der Waals surface area contributed by atoms with Gasteiger partial charge in [-0.2, -0.15) is 0 Å². The third-order valence-corrected chi connectivity index (χ3v) is 7.87. The van der Waals surface area contributed by atoms with Gasteiger partial charge in [-0.15, -0.1) is 21.5 Å². The van der Waals surface area contributed by atoms with Gasteiger partial charge in [0.05, 0.1) is 26.2 Å². The number of aromatic nitrogens is 4. The number of fused-ring (bicyclic) bond motifs is 1. The van der Waals surface area contributed by atoms with Crippen molar-refractivity contribution in [1.82, 2.24) is 29.7 Å². The Labute approximate surface area is 253 Å². The first kappa shape index (κ1) is 30.5. The van der Waals surface area contributed by atoms with Gasteiger partial charge in [0.15, 0.2) is 5.82 Å². The van der Waals surface area contributed by atoms with Gasteiger partial charge in [-0.1, -0.05) is 18.2 Å². The fourth-order valence-corrected chi connectivity index (χ4v) is 5.97. The molecule has 2 aromatic carbocycles. The molecular weight excluding hydrogens is 596 g/mol. The largest absolute Gasteiger partial charge is 0.480 e. The summed E-state index contributed by atoms with van der Waals surface area (Å²) in [7, 11) is 6.33. The summed E-state index contributed by atoms with van der Waals surface area (Å²) < 4.78 is 36.8. The molecule has 5 aromatic rings. The highest BCUT2D eigenvalue weighted by molar-refractivity contribution is 7.22. The Bertz CT molecular complexity index is 1950. The summed E-state index contributed by atoms with van der Waals surface area (Å²) in [4.78, 5) is 47.6. The second-order valence-corrected chi connectivity index (χ2v) is 10.8. The summed E-state index contributed by atoms with van der Waals surface area (Å²) in [6.07, 6.45) is 0. The Morgan fingerprint density at radius 1 is 1.00 bits per heavy atom. The Morgan fingerprint density at radius 3 is 2.36 bits per heavy atom. The number of urea groups is 1. The second-order valence-electron chi connectivity index (χ2n) is 9.81. The van der Waals surface area contributed by atoms with Crippen LogP contribution < -0.4 is 26.8 Å². The number of nitrogens with one attached hydrogen (secondary N) is 2. The van der Waals surface area contributed by atoms with Crippen molar-refractivity contribution in [3.63, 3.8) is 0 Å². The smallest absolute Gasteiger partial charge is 0.343 e. The molecule has 3 aromatic heterocycles. The predicted molar refractivity (Wildman–Crippen MR) is 161 cm³/mol. The summed E-state index contributed by atoms with van der Waals surface area (Å²) in [6.45, 7) is -0.231. The number of hydroxylamine groups is 1. The lowest BCUT2D eigenvalue weighted by molar-refractivity contribution is 0.114. The zero-order chi connectivity index (χ0) is 31.5. The first-order valence-electron chi connectivity index (χ1n) is 13.1. The molecule has 3 heterocycles. The number of carbonyl (C=O) groups is 1. The number of hydrogen-bond acceptors (Lipinski definition) is 9. The number of hydrogen-bond donors (Lipinski definition) is 2. The highest BCUT2D eigenvalue weighted by Crippen LogP contribution is 2.39. The van der Waals surface area contributed by atoms with Gasteiger partial charge in [0.2, 0.25) is 5.88 Å². The molecule has 0 aliphatic heterocycles. The first-order chi connectivity index (χ1) is 21.1. The van der Waals surface area contributed by atoms with E-state index >= 15 is 0 Å². The van der Waals surface area contributed by atoms with Crippen molar-refractivity contribution < 1.29 is 23.1 Å². The number of halogens is 2. The van der Waals surface area contributed by atoms with Crippen LogP contribution >= 0.6 is 11.3 Å². The fraction of sp³-hybridized carbons (Fsp3) is 0.207. The van der Waals surface area contributed by atoms with Crippen LogP contribution in [-0.4, -0.2) is 58.6 Å². The van der Waals surface area contributed by atoms with E-state index in [-0.39, 0.29) is 34.0 Å². The maximum Gasteiger partial charge on any atom is 0.343 e. The van der Waals surface area contributed by atoms with Gasteiger partial charge in [0.1, 0.15) is 16.5 Å². The van der Waals surface area contributed by atoms with E-state index in [1.807, 2.05) is 19.0 Å². The van der Waals surface area contributed by atoms with Gasteiger partial charge in [-0.05, 0) is 55.6 Å². The lowest BCUT2D eigenvalue weighted by Crippen LogP contribution is -2.39. The molecule has 0 aliphatic carbocycles. The average molecular weight is 624 g/mol. The standard InChI is InChI=1S/C29H27F2N7O5S/c1-36(2)14-19-24-26(39)38(22-11-12-23(42-3)34-33-22)29(41)37(15-18-20(30)9-6-10-21(18)31)27(24)44-25(19)16-7-5-8-17(13-16)32-28(40)35-43-4/h5-13H,14-15H2,1-4H3,(H2,32,35,40). The number of benzene rings is 2. The Morgan fingerprint density at radius 2 is 1.73 bits per heavy atom. The van der Waals surface area contributed by atoms with Gasteiger partial charge < -0.3 is 15.0 Å². The molecule has 2 amide bonds. The molecule has 0 bridgehead atoms. The molecule has 0 saturated carbocycles. The summed E-state index contributed by atoms with van der Waals surface area (Å²) in [5, 5.41) is 10.7. The molecule has 228 valence electrons. The third-order valence-electron chi connectivity index (χ3n) is 6.57. The van der Waals surface area contributed by atoms with Crippen LogP contribution in [0, 0.1) is 11.6 Å². The zero-order valence-electron chi connectivity index (χ0n) is 24.1. The van der Waals surface area contributed by atoms with E-state index in [1.54, 1.807) is 24.3 Å². The molecule has 5 rings (SSSR count). The van der Waals surface area contributed by atoms with E-state index in [0.29, 0.717) is 21.7 Å². The highest BCUT2D eigenvalue weighted by atomic mass is 32.1. The van der Waals surface area contributed by atoms with E-state index < -0.39 is 35.5 Å². The molecule has 0 spiro atoms. The molecule has 12 nitrogen and oxygen atoms in total. The van der Waals surface area contributed by atoms with Crippen molar-refractivity contribution in [3.8, 4) is 22.1 Å². The van der Waals surface area contributed by atoms with Crippen molar-refractivity contribution >= 4 is 33.3 Å². The van der Waals surface area contributed by atoms with E-state index in [4.69, 9.17) is 4.74 Å². The van der Waals surface area contributed by atoms with Crippen LogP contribution in [-0.2, 0) is 17.9 Å². The topological polar surface area (TPSA) is 133 Å². The number of carbonyl (C=O) groups excluding carboxylic acids is 1. The molecule has 0 aliphatic rings. The Hall–Kier alpha value is -4.99. The van der Waals surface area contributed by atoms with Crippen LogP contribution in [0.4, 0.5) is 19.3 Å². The predicted octanol–water partition coefficient (Wildman–Crippen LogP) is 3.75. The van der Waals surface area contributed by atoms with E-state index in [0.717, 1.165) is 32.6 Å². The summed E-state index contributed by atoms with van der Waals surface area (Å²) >= 11 is 1.12. The van der Waals surface area contributed by atoms with E-state index in [2.05, 4.69) is 25.8 Å². The maximum absolute atomic E-state index is 14.9. The quantitative estimate of drug-likeness (QED) is 0.237. The number of methoxy groups -OCH3 is 1. The zero-order valence-corrected chi connectivity index (χ0v) is 24.9. The van der Waals surface area contributed by atoms with Crippen LogP contribution in [0.1, 0.15) is 11.1 Å². The molecule has 2 N–H and O–H groups in total. The Kier molecular flexibility index (Phi) is 8.80.